The van der Waals surface area contributed by atoms with E-state index in [1.54, 1.807) is 18.3 Å². The second-order valence-electron chi connectivity index (χ2n) is 2.57. The molecule has 5 heteroatoms. The summed E-state index contributed by atoms with van der Waals surface area (Å²) in [5.74, 6) is -0.986. The quantitative estimate of drug-likeness (QED) is 0.779. The van der Waals surface area contributed by atoms with Crippen molar-refractivity contribution in [2.24, 2.45) is 0 Å². The fraction of sp³-hybridized carbons (Fsp3) is 0. The van der Waals surface area contributed by atoms with Gasteiger partial charge >= 0.3 is 5.97 Å². The highest BCUT2D eigenvalue weighted by Gasteiger charge is 2.03. The Labute approximate surface area is 86.0 Å². The molecule has 2 rings (SSSR count). The molecule has 0 saturated heterocycles. The van der Waals surface area contributed by atoms with Crippen LogP contribution in [0.15, 0.2) is 30.6 Å². The number of hydrogen-bond donors (Lipinski definition) is 1. The first kappa shape index (κ1) is 10.4. The number of rotatable bonds is 1. The predicted octanol–water partition coefficient (Wildman–Crippen LogP) is 1.75. The molecule has 0 aromatic carbocycles. The van der Waals surface area contributed by atoms with E-state index in [9.17, 15) is 4.79 Å². The molecule has 0 saturated carbocycles. The van der Waals surface area contributed by atoms with Crippen molar-refractivity contribution in [3.8, 4) is 0 Å². The zero-order valence-corrected chi connectivity index (χ0v) is 7.86. The van der Waals surface area contributed by atoms with Gasteiger partial charge in [-0.3, -0.25) is 9.97 Å². The number of aromatic carboxylic acids is 1. The molecule has 2 aromatic heterocycles. The molecule has 0 spiro atoms. The Morgan fingerprint density at radius 1 is 1.29 bits per heavy atom. The van der Waals surface area contributed by atoms with Gasteiger partial charge in [-0.25, -0.2) is 4.79 Å². The number of carboxylic acid groups (broad SMARTS) is 1. The van der Waals surface area contributed by atoms with Gasteiger partial charge in [-0.05, 0) is 18.2 Å². The van der Waals surface area contributed by atoms with Crippen molar-refractivity contribution in [2.75, 3.05) is 0 Å². The topological polar surface area (TPSA) is 63.1 Å². The first-order valence-electron chi connectivity index (χ1n) is 3.71. The van der Waals surface area contributed by atoms with Crippen LogP contribution in [0.2, 0.25) is 0 Å². The van der Waals surface area contributed by atoms with Crippen LogP contribution < -0.4 is 0 Å². The molecule has 0 aliphatic rings. The molecule has 4 nitrogen and oxygen atoms in total. The summed E-state index contributed by atoms with van der Waals surface area (Å²) in [7, 11) is 0. The minimum absolute atomic E-state index is 0. The smallest absolute Gasteiger partial charge is 0.337 e. The number of carbonyl (C=O) groups is 1. The molecule has 2 heterocycles. The Bertz CT molecular complexity index is 473. The summed E-state index contributed by atoms with van der Waals surface area (Å²) in [6, 6.07) is 5.05. The first-order chi connectivity index (χ1) is 6.27. The molecule has 0 unspecified atom stereocenters. The summed E-state index contributed by atoms with van der Waals surface area (Å²) in [5, 5.41) is 8.68. The number of aromatic nitrogens is 2. The monoisotopic (exact) mass is 210 g/mol. The maximum atomic E-state index is 10.6. The van der Waals surface area contributed by atoms with E-state index in [0.29, 0.717) is 11.0 Å². The zero-order valence-electron chi connectivity index (χ0n) is 7.04. The number of carboxylic acids is 1. The van der Waals surface area contributed by atoms with E-state index in [2.05, 4.69) is 9.97 Å². The van der Waals surface area contributed by atoms with Gasteiger partial charge in [0.15, 0.2) is 0 Å². The number of fused-ring (bicyclic) bond motifs is 1. The van der Waals surface area contributed by atoms with Crippen LogP contribution in [-0.4, -0.2) is 21.0 Å². The van der Waals surface area contributed by atoms with E-state index < -0.39 is 5.97 Å². The van der Waals surface area contributed by atoms with Crippen LogP contribution in [0, 0.1) is 0 Å². The van der Waals surface area contributed by atoms with Gasteiger partial charge in [-0.15, -0.1) is 12.4 Å². The van der Waals surface area contributed by atoms with Crippen LogP contribution in [0.5, 0.6) is 0 Å². The van der Waals surface area contributed by atoms with Gasteiger partial charge in [0.25, 0.3) is 0 Å². The van der Waals surface area contributed by atoms with E-state index in [-0.39, 0.29) is 18.0 Å². The van der Waals surface area contributed by atoms with Crippen LogP contribution in [0.3, 0.4) is 0 Å². The molecule has 0 amide bonds. The zero-order chi connectivity index (χ0) is 9.26. The van der Waals surface area contributed by atoms with Crippen molar-refractivity contribution in [1.29, 1.82) is 0 Å². The molecule has 0 bridgehead atoms. The molecule has 14 heavy (non-hydrogen) atoms. The number of halogens is 1. The molecule has 0 fully saturated rings. The third-order valence-corrected chi connectivity index (χ3v) is 1.70. The third kappa shape index (κ3) is 1.80. The van der Waals surface area contributed by atoms with Crippen molar-refractivity contribution >= 4 is 29.4 Å². The van der Waals surface area contributed by atoms with E-state index >= 15 is 0 Å². The summed E-state index contributed by atoms with van der Waals surface area (Å²) in [4.78, 5) is 18.5. The average Bonchev–Trinajstić information content (AvgIpc) is 2.17. The van der Waals surface area contributed by atoms with E-state index in [0.717, 1.165) is 0 Å². The summed E-state index contributed by atoms with van der Waals surface area (Å²) >= 11 is 0. The standard InChI is InChI=1S/C9H6N2O2.ClH/c12-9(13)6-4-8-7(11-5-6)2-1-3-10-8;/h1-5H,(H,12,13);1H. The van der Waals surface area contributed by atoms with Gasteiger partial charge < -0.3 is 5.11 Å². The molecule has 72 valence electrons. The summed E-state index contributed by atoms with van der Waals surface area (Å²) in [6.45, 7) is 0. The molecule has 0 radical (unpaired) electrons. The highest BCUT2D eigenvalue weighted by molar-refractivity contribution is 5.91. The highest BCUT2D eigenvalue weighted by Crippen LogP contribution is 2.09. The minimum atomic E-state index is -0.986. The van der Waals surface area contributed by atoms with E-state index in [1.165, 1.54) is 12.3 Å². The van der Waals surface area contributed by atoms with Crippen LogP contribution >= 0.6 is 12.4 Å². The highest BCUT2D eigenvalue weighted by atomic mass is 35.5. The van der Waals surface area contributed by atoms with Crippen LogP contribution in [0.25, 0.3) is 11.0 Å². The Morgan fingerprint density at radius 2 is 2.07 bits per heavy atom. The molecule has 0 aliphatic heterocycles. The minimum Gasteiger partial charge on any atom is -0.478 e. The lowest BCUT2D eigenvalue weighted by Gasteiger charge is -1.96. The Kier molecular flexibility index (Phi) is 2.99. The normalized spacial score (nSPS) is 9.43. The van der Waals surface area contributed by atoms with Gasteiger partial charge in [-0.2, -0.15) is 0 Å². The summed E-state index contributed by atoms with van der Waals surface area (Å²) < 4.78 is 0. The van der Waals surface area contributed by atoms with Crippen LogP contribution in [0.1, 0.15) is 10.4 Å². The maximum Gasteiger partial charge on any atom is 0.337 e. The lowest BCUT2D eigenvalue weighted by molar-refractivity contribution is 0.0696. The fourth-order valence-electron chi connectivity index (χ4n) is 1.07. The Morgan fingerprint density at radius 3 is 2.79 bits per heavy atom. The number of nitrogens with zero attached hydrogens (tertiary/aromatic N) is 2. The molecular weight excluding hydrogens is 204 g/mol. The van der Waals surface area contributed by atoms with Gasteiger partial charge in [0.1, 0.15) is 0 Å². The molecule has 0 aliphatic carbocycles. The van der Waals surface area contributed by atoms with Gasteiger partial charge in [0.2, 0.25) is 0 Å². The lowest BCUT2D eigenvalue weighted by atomic mass is 10.2. The van der Waals surface area contributed by atoms with Crippen molar-refractivity contribution in [3.05, 3.63) is 36.2 Å². The van der Waals surface area contributed by atoms with E-state index in [4.69, 9.17) is 5.11 Å². The summed E-state index contributed by atoms with van der Waals surface area (Å²) in [6.07, 6.45) is 2.93. The fourth-order valence-corrected chi connectivity index (χ4v) is 1.07. The Hall–Kier alpha value is -1.68. The van der Waals surface area contributed by atoms with E-state index in [1.807, 2.05) is 0 Å². The Balaban J connectivity index is 0.000000980. The van der Waals surface area contributed by atoms with Crippen molar-refractivity contribution in [1.82, 2.24) is 9.97 Å². The van der Waals surface area contributed by atoms with Crippen LogP contribution in [0.4, 0.5) is 0 Å². The second-order valence-corrected chi connectivity index (χ2v) is 2.57. The second kappa shape index (κ2) is 4.02. The number of pyridine rings is 2. The number of hydrogen-bond acceptors (Lipinski definition) is 3. The SMILES string of the molecule is Cl.O=C(O)c1cnc2cccnc2c1. The predicted molar refractivity (Wildman–Crippen MR) is 53.7 cm³/mol. The van der Waals surface area contributed by atoms with Crippen molar-refractivity contribution in [3.63, 3.8) is 0 Å². The molecular formula is C9H7ClN2O2. The van der Waals surface area contributed by atoms with Crippen molar-refractivity contribution in [2.45, 2.75) is 0 Å². The van der Waals surface area contributed by atoms with Gasteiger partial charge in [0, 0.05) is 12.4 Å². The lowest BCUT2D eigenvalue weighted by Crippen LogP contribution is -1.97. The van der Waals surface area contributed by atoms with Crippen molar-refractivity contribution < 1.29 is 9.90 Å². The molecule has 2 aromatic rings. The molecule has 0 atom stereocenters. The van der Waals surface area contributed by atoms with Gasteiger partial charge in [0.05, 0.1) is 16.6 Å². The summed E-state index contributed by atoms with van der Waals surface area (Å²) in [5.41, 5.74) is 1.46. The maximum absolute atomic E-state index is 10.6. The average molecular weight is 211 g/mol. The van der Waals surface area contributed by atoms with Gasteiger partial charge in [-0.1, -0.05) is 0 Å². The van der Waals surface area contributed by atoms with Crippen LogP contribution in [-0.2, 0) is 0 Å². The third-order valence-electron chi connectivity index (χ3n) is 1.70. The largest absolute Gasteiger partial charge is 0.478 e. The molecule has 1 N–H and O–H groups in total. The first-order valence-corrected chi connectivity index (χ1v) is 3.71.